The predicted octanol–water partition coefficient (Wildman–Crippen LogP) is 2.04. The molecule has 11 nitrogen and oxygen atoms in total. The molecular weight excluding hydrogens is 534 g/mol. The van der Waals surface area contributed by atoms with Crippen LogP contribution in [0.15, 0.2) is 59.7 Å². The second kappa shape index (κ2) is 12.4. The number of carbonyl (C=O) groups excluding carboxylic acids is 3. The fraction of sp³-hybridized carbons (Fsp3) is 0.393. The summed E-state index contributed by atoms with van der Waals surface area (Å²) in [5, 5.41) is 18.4. The number of hydrogen-bond donors (Lipinski definition) is 4. The van der Waals surface area contributed by atoms with Crippen molar-refractivity contribution in [1.29, 1.82) is 0 Å². The van der Waals surface area contributed by atoms with Crippen molar-refractivity contribution in [3.05, 3.63) is 65.7 Å². The number of β-lactam (4-membered cyclic amide) rings is 1. The Kier molecular flexibility index (Phi) is 8.98. The zero-order valence-electron chi connectivity index (χ0n) is 22.5. The van der Waals surface area contributed by atoms with Crippen molar-refractivity contribution >= 4 is 41.7 Å². The predicted molar refractivity (Wildman–Crippen MR) is 151 cm³/mol. The van der Waals surface area contributed by atoms with Crippen LogP contribution in [0.4, 0.5) is 0 Å². The lowest BCUT2D eigenvalue weighted by molar-refractivity contribution is -0.161. The standard InChI is InChI=1S/C28H33N5O6S/c1-4-14-39-19-12-10-17(11-13-19)15-29-30-16-20(34)31-21(18-8-6-5-7-9-18)24(35)32-22-25(36)33-23(27(37)38)28(2,3)40-26(22)33/h5-13,16,21-23,26,29H,4,14-15H2,1-3H3,(H,31,34)(H,32,35)(H,37,38)/b30-16+/t21?,22-,23+,26-/m1/s1. The normalized spacial score (nSPS) is 21.7. The minimum atomic E-state index is -1.09. The first kappa shape index (κ1) is 28.9. The smallest absolute Gasteiger partial charge is 0.327 e. The quantitative estimate of drug-likeness (QED) is 0.173. The summed E-state index contributed by atoms with van der Waals surface area (Å²) < 4.78 is 4.85. The van der Waals surface area contributed by atoms with Gasteiger partial charge in [-0.1, -0.05) is 49.4 Å². The molecule has 2 aromatic rings. The van der Waals surface area contributed by atoms with Crippen LogP contribution in [0.5, 0.6) is 5.75 Å². The topological polar surface area (TPSA) is 149 Å². The number of thioether (sulfide) groups is 1. The number of hydrogen-bond acceptors (Lipinski definition) is 8. The van der Waals surface area contributed by atoms with Crippen LogP contribution in [-0.2, 0) is 25.7 Å². The summed E-state index contributed by atoms with van der Waals surface area (Å²) in [6, 6.07) is 13.2. The highest BCUT2D eigenvalue weighted by atomic mass is 32.2. The minimum Gasteiger partial charge on any atom is -0.494 e. The molecule has 0 aromatic heterocycles. The van der Waals surface area contributed by atoms with Gasteiger partial charge in [0, 0.05) is 4.75 Å². The van der Waals surface area contributed by atoms with Gasteiger partial charge in [0.25, 0.3) is 5.91 Å². The Hall–Kier alpha value is -4.06. The number of amides is 3. The van der Waals surface area contributed by atoms with E-state index in [1.54, 1.807) is 44.2 Å². The molecular formula is C28H33N5O6S. The van der Waals surface area contributed by atoms with Crippen molar-refractivity contribution in [3.63, 3.8) is 0 Å². The van der Waals surface area contributed by atoms with Crippen molar-refractivity contribution in [1.82, 2.24) is 21.0 Å². The van der Waals surface area contributed by atoms with Gasteiger partial charge in [0.15, 0.2) is 0 Å². The molecule has 0 aliphatic carbocycles. The molecule has 212 valence electrons. The zero-order valence-corrected chi connectivity index (χ0v) is 23.3. The van der Waals surface area contributed by atoms with Crippen LogP contribution in [0.1, 0.15) is 44.4 Å². The largest absolute Gasteiger partial charge is 0.494 e. The Morgan fingerprint density at radius 1 is 1.15 bits per heavy atom. The molecule has 0 bridgehead atoms. The van der Waals surface area contributed by atoms with Crippen molar-refractivity contribution in [2.45, 2.75) is 62.0 Å². The third kappa shape index (κ3) is 6.39. The first-order valence-corrected chi connectivity index (χ1v) is 13.9. The summed E-state index contributed by atoms with van der Waals surface area (Å²) in [5.41, 5.74) is 4.27. The van der Waals surface area contributed by atoms with Gasteiger partial charge < -0.3 is 30.8 Å². The molecule has 40 heavy (non-hydrogen) atoms. The van der Waals surface area contributed by atoms with Crippen molar-refractivity contribution in [3.8, 4) is 5.75 Å². The van der Waals surface area contributed by atoms with Crippen LogP contribution in [0.3, 0.4) is 0 Å². The lowest BCUT2D eigenvalue weighted by Gasteiger charge is -2.44. The Morgan fingerprint density at radius 3 is 2.50 bits per heavy atom. The van der Waals surface area contributed by atoms with Gasteiger partial charge in [-0.25, -0.2) is 4.79 Å². The number of carboxylic acids is 1. The molecule has 4 rings (SSSR count). The number of benzene rings is 2. The molecule has 2 saturated heterocycles. The van der Waals surface area contributed by atoms with E-state index in [9.17, 15) is 24.3 Å². The molecule has 0 radical (unpaired) electrons. The van der Waals surface area contributed by atoms with Crippen LogP contribution in [-0.4, -0.2) is 68.7 Å². The molecule has 2 fully saturated rings. The fourth-order valence-electron chi connectivity index (χ4n) is 4.67. The lowest BCUT2D eigenvalue weighted by atomic mass is 9.95. The third-order valence-corrected chi connectivity index (χ3v) is 8.18. The maximum atomic E-state index is 13.3. The van der Waals surface area contributed by atoms with E-state index in [0.29, 0.717) is 18.7 Å². The molecule has 2 aliphatic heterocycles. The van der Waals surface area contributed by atoms with Crippen LogP contribution in [0, 0.1) is 0 Å². The summed E-state index contributed by atoms with van der Waals surface area (Å²) in [6.45, 7) is 6.60. The van der Waals surface area contributed by atoms with Gasteiger partial charge in [-0.3, -0.25) is 14.4 Å². The average Bonchev–Trinajstić information content (AvgIpc) is 3.20. The summed E-state index contributed by atoms with van der Waals surface area (Å²) in [5.74, 6) is -1.95. The number of hydrazone groups is 1. The van der Waals surface area contributed by atoms with E-state index in [1.807, 2.05) is 31.2 Å². The molecule has 2 aromatic carbocycles. The van der Waals surface area contributed by atoms with E-state index < -0.39 is 51.9 Å². The van der Waals surface area contributed by atoms with Gasteiger partial charge in [0.2, 0.25) is 11.8 Å². The van der Waals surface area contributed by atoms with E-state index in [1.165, 1.54) is 16.7 Å². The van der Waals surface area contributed by atoms with E-state index in [-0.39, 0.29) is 0 Å². The Labute approximate surface area is 236 Å². The molecule has 1 unspecified atom stereocenters. The van der Waals surface area contributed by atoms with Crippen LogP contribution in [0.2, 0.25) is 0 Å². The second-order valence-electron chi connectivity index (χ2n) is 10.0. The zero-order chi connectivity index (χ0) is 28.9. The Bertz CT molecular complexity index is 1270. The summed E-state index contributed by atoms with van der Waals surface area (Å²) in [6.07, 6.45) is 1.97. The monoisotopic (exact) mass is 567 g/mol. The molecule has 0 saturated carbocycles. The number of carbonyl (C=O) groups is 4. The molecule has 2 heterocycles. The highest BCUT2D eigenvalue weighted by Crippen LogP contribution is 2.50. The number of nitrogens with zero attached hydrogens (tertiary/aromatic N) is 2. The molecule has 4 atom stereocenters. The van der Waals surface area contributed by atoms with Crippen molar-refractivity contribution in [2.24, 2.45) is 5.10 Å². The minimum absolute atomic E-state index is 0.382. The van der Waals surface area contributed by atoms with Gasteiger partial charge >= 0.3 is 5.97 Å². The Morgan fingerprint density at radius 2 is 1.85 bits per heavy atom. The summed E-state index contributed by atoms with van der Waals surface area (Å²) in [7, 11) is 0. The van der Waals surface area contributed by atoms with E-state index in [4.69, 9.17) is 4.74 Å². The SMILES string of the molecule is CCCOc1ccc(CN/N=C/C(=O)NC(C(=O)N[C@@H]2C(=O)N3[C@@H]2SC(C)(C)[C@@H]3C(=O)O)c2ccccc2)cc1. The van der Waals surface area contributed by atoms with Gasteiger partial charge in [-0.05, 0) is 43.5 Å². The van der Waals surface area contributed by atoms with Crippen LogP contribution < -0.4 is 20.8 Å². The summed E-state index contributed by atoms with van der Waals surface area (Å²) >= 11 is 1.33. The molecule has 2 aliphatic rings. The number of carboxylic acid groups (broad SMARTS) is 1. The highest BCUT2D eigenvalue weighted by molar-refractivity contribution is 8.01. The van der Waals surface area contributed by atoms with Crippen molar-refractivity contribution in [2.75, 3.05) is 6.61 Å². The first-order valence-electron chi connectivity index (χ1n) is 13.0. The number of rotatable bonds is 12. The highest BCUT2D eigenvalue weighted by Gasteiger charge is 2.64. The van der Waals surface area contributed by atoms with Crippen molar-refractivity contribution < 1.29 is 29.0 Å². The maximum absolute atomic E-state index is 13.3. The third-order valence-electron chi connectivity index (χ3n) is 6.61. The molecule has 3 amide bonds. The van der Waals surface area contributed by atoms with Gasteiger partial charge in [-0.15, -0.1) is 11.8 Å². The van der Waals surface area contributed by atoms with E-state index in [0.717, 1.165) is 23.9 Å². The summed E-state index contributed by atoms with van der Waals surface area (Å²) in [4.78, 5) is 51.9. The van der Waals surface area contributed by atoms with Crippen LogP contribution >= 0.6 is 11.8 Å². The number of aliphatic carboxylic acids is 1. The van der Waals surface area contributed by atoms with Gasteiger partial charge in [0.05, 0.1) is 13.2 Å². The number of nitrogens with one attached hydrogen (secondary N) is 3. The fourth-order valence-corrected chi connectivity index (χ4v) is 6.30. The van der Waals surface area contributed by atoms with Gasteiger partial charge in [0.1, 0.15) is 35.5 Å². The molecule has 12 heteroatoms. The Balaban J connectivity index is 1.36. The maximum Gasteiger partial charge on any atom is 0.327 e. The second-order valence-corrected chi connectivity index (χ2v) is 11.8. The van der Waals surface area contributed by atoms with Gasteiger partial charge in [-0.2, -0.15) is 5.10 Å². The van der Waals surface area contributed by atoms with E-state index >= 15 is 0 Å². The molecule has 4 N–H and O–H groups in total. The number of fused-ring (bicyclic) bond motifs is 1. The van der Waals surface area contributed by atoms with E-state index in [2.05, 4.69) is 21.2 Å². The van der Waals surface area contributed by atoms with Crippen LogP contribution in [0.25, 0.3) is 0 Å². The number of ether oxygens (including phenoxy) is 1. The average molecular weight is 568 g/mol. The molecule has 0 spiro atoms. The lowest BCUT2D eigenvalue weighted by Crippen LogP contribution is -2.71. The first-order chi connectivity index (χ1) is 19.1.